The molecular formula is C24H31NO. The highest BCUT2D eigenvalue weighted by molar-refractivity contribution is 6.08. The van der Waals surface area contributed by atoms with Crippen molar-refractivity contribution in [3.63, 3.8) is 0 Å². The lowest BCUT2D eigenvalue weighted by Gasteiger charge is -2.38. The van der Waals surface area contributed by atoms with E-state index in [1.165, 1.54) is 5.56 Å². The second kappa shape index (κ2) is 6.59. The Hall–Kier alpha value is -2.06. The Morgan fingerprint density at radius 1 is 0.846 bits per heavy atom. The van der Waals surface area contributed by atoms with Gasteiger partial charge in [-0.3, -0.25) is 0 Å². The SMILES string of the molecule is CCC(C)(C)CC(c1c2ccccc2c(O)c2ccccc12)C(C)(C)N. The zero-order valence-electron chi connectivity index (χ0n) is 16.6. The molecule has 1 unspecified atom stereocenters. The normalized spacial score (nSPS) is 14.1. The van der Waals surface area contributed by atoms with Crippen LogP contribution in [0.25, 0.3) is 21.5 Å². The van der Waals surface area contributed by atoms with Crippen molar-refractivity contribution in [1.29, 1.82) is 0 Å². The second-order valence-corrected chi connectivity index (χ2v) is 8.95. The Morgan fingerprint density at radius 2 is 1.27 bits per heavy atom. The Kier molecular flexibility index (Phi) is 4.74. The molecule has 0 saturated carbocycles. The van der Waals surface area contributed by atoms with Gasteiger partial charge in [-0.25, -0.2) is 0 Å². The predicted molar refractivity (Wildman–Crippen MR) is 113 cm³/mol. The first-order valence-electron chi connectivity index (χ1n) is 9.57. The molecule has 0 fully saturated rings. The van der Waals surface area contributed by atoms with Crippen LogP contribution in [0.4, 0.5) is 0 Å². The summed E-state index contributed by atoms with van der Waals surface area (Å²) >= 11 is 0. The number of phenols is 1. The van der Waals surface area contributed by atoms with Crippen LogP contribution in [0.1, 0.15) is 58.9 Å². The zero-order valence-corrected chi connectivity index (χ0v) is 16.6. The van der Waals surface area contributed by atoms with Gasteiger partial charge in [0.1, 0.15) is 5.75 Å². The van der Waals surface area contributed by atoms with Gasteiger partial charge in [-0.05, 0) is 42.0 Å². The van der Waals surface area contributed by atoms with Crippen LogP contribution in [0.3, 0.4) is 0 Å². The maximum absolute atomic E-state index is 10.9. The summed E-state index contributed by atoms with van der Waals surface area (Å²) in [4.78, 5) is 0. The van der Waals surface area contributed by atoms with Gasteiger partial charge in [-0.2, -0.15) is 0 Å². The van der Waals surface area contributed by atoms with E-state index in [1.807, 2.05) is 36.4 Å². The molecular weight excluding hydrogens is 318 g/mol. The van der Waals surface area contributed by atoms with E-state index in [1.54, 1.807) is 0 Å². The minimum Gasteiger partial charge on any atom is -0.507 e. The highest BCUT2D eigenvalue weighted by atomic mass is 16.3. The summed E-state index contributed by atoms with van der Waals surface area (Å²) < 4.78 is 0. The van der Waals surface area contributed by atoms with Crippen LogP contribution in [0.2, 0.25) is 0 Å². The molecule has 3 aromatic carbocycles. The minimum atomic E-state index is -0.366. The summed E-state index contributed by atoms with van der Waals surface area (Å²) in [6.07, 6.45) is 2.11. The molecule has 0 amide bonds. The molecule has 2 nitrogen and oxygen atoms in total. The van der Waals surface area contributed by atoms with Gasteiger partial charge in [0.2, 0.25) is 0 Å². The van der Waals surface area contributed by atoms with Crippen molar-refractivity contribution < 1.29 is 5.11 Å². The molecule has 0 saturated heterocycles. The number of benzene rings is 3. The number of nitrogens with two attached hydrogens (primary N) is 1. The van der Waals surface area contributed by atoms with Crippen molar-refractivity contribution in [1.82, 2.24) is 0 Å². The minimum absolute atomic E-state index is 0.188. The van der Waals surface area contributed by atoms with Crippen molar-refractivity contribution in [2.75, 3.05) is 0 Å². The lowest BCUT2D eigenvalue weighted by molar-refractivity contribution is 0.247. The van der Waals surface area contributed by atoms with Crippen molar-refractivity contribution >= 4 is 21.5 Å². The fraction of sp³-hybridized carbons (Fsp3) is 0.417. The number of hydrogen-bond donors (Lipinski definition) is 2. The number of phenolic OH excluding ortho intramolecular Hbond substituents is 1. The average Bonchev–Trinajstić information content (AvgIpc) is 2.60. The Morgan fingerprint density at radius 3 is 1.65 bits per heavy atom. The maximum atomic E-state index is 10.9. The fourth-order valence-corrected chi connectivity index (χ4v) is 3.95. The molecule has 0 aliphatic heterocycles. The molecule has 138 valence electrons. The first-order chi connectivity index (χ1) is 12.2. The van der Waals surface area contributed by atoms with Crippen LogP contribution < -0.4 is 5.73 Å². The summed E-state index contributed by atoms with van der Waals surface area (Å²) in [6.45, 7) is 11.1. The quantitative estimate of drug-likeness (QED) is 0.527. The molecule has 0 radical (unpaired) electrons. The number of rotatable bonds is 5. The van der Waals surface area contributed by atoms with Gasteiger partial charge in [0, 0.05) is 22.2 Å². The first kappa shape index (κ1) is 18.7. The fourth-order valence-electron chi connectivity index (χ4n) is 3.95. The molecule has 3 aromatic rings. The molecule has 1 atom stereocenters. The topological polar surface area (TPSA) is 46.2 Å². The van der Waals surface area contributed by atoms with Crippen molar-refractivity contribution in [3.05, 3.63) is 54.1 Å². The molecule has 2 heteroatoms. The van der Waals surface area contributed by atoms with Crippen molar-refractivity contribution in [2.24, 2.45) is 11.1 Å². The average molecular weight is 350 g/mol. The lowest BCUT2D eigenvalue weighted by Crippen LogP contribution is -2.41. The van der Waals surface area contributed by atoms with E-state index in [-0.39, 0.29) is 16.9 Å². The summed E-state index contributed by atoms with van der Waals surface area (Å²) in [5.74, 6) is 0.552. The van der Waals surface area contributed by atoms with Gasteiger partial charge >= 0.3 is 0 Å². The van der Waals surface area contributed by atoms with Crippen LogP contribution in [-0.4, -0.2) is 10.6 Å². The van der Waals surface area contributed by atoms with E-state index in [4.69, 9.17) is 5.73 Å². The molecule has 0 aliphatic rings. The lowest BCUT2D eigenvalue weighted by atomic mass is 9.69. The molecule has 0 heterocycles. The van der Waals surface area contributed by atoms with Gasteiger partial charge in [-0.1, -0.05) is 75.7 Å². The van der Waals surface area contributed by atoms with Gasteiger partial charge in [0.15, 0.2) is 0 Å². The molecule has 3 rings (SSSR count). The Labute approximate surface area is 157 Å². The summed E-state index contributed by atoms with van der Waals surface area (Å²) in [6, 6.07) is 16.3. The van der Waals surface area contributed by atoms with Crippen molar-refractivity contribution in [3.8, 4) is 5.75 Å². The molecule has 3 N–H and O–H groups in total. The Bertz CT molecular complexity index is 877. The summed E-state index contributed by atoms with van der Waals surface area (Å²) in [5, 5.41) is 14.9. The maximum Gasteiger partial charge on any atom is 0.131 e. The Balaban J connectivity index is 2.41. The molecule has 0 spiro atoms. The van der Waals surface area contributed by atoms with E-state index in [0.29, 0.717) is 5.75 Å². The molecule has 0 aliphatic carbocycles. The molecule has 0 bridgehead atoms. The van der Waals surface area contributed by atoms with E-state index in [0.717, 1.165) is 34.4 Å². The highest BCUT2D eigenvalue weighted by Crippen LogP contribution is 2.47. The summed E-state index contributed by atoms with van der Waals surface area (Å²) in [5.41, 5.74) is 7.83. The smallest absolute Gasteiger partial charge is 0.131 e. The molecule has 0 aromatic heterocycles. The van der Waals surface area contributed by atoms with E-state index >= 15 is 0 Å². The third kappa shape index (κ3) is 3.31. The third-order valence-electron chi connectivity index (χ3n) is 5.91. The van der Waals surface area contributed by atoms with Crippen LogP contribution in [-0.2, 0) is 0 Å². The molecule has 26 heavy (non-hydrogen) atoms. The van der Waals surface area contributed by atoms with Crippen LogP contribution in [0.5, 0.6) is 5.75 Å². The van der Waals surface area contributed by atoms with Crippen LogP contribution >= 0.6 is 0 Å². The van der Waals surface area contributed by atoms with E-state index in [9.17, 15) is 5.11 Å². The number of fused-ring (bicyclic) bond motifs is 2. The number of aromatic hydroxyl groups is 1. The zero-order chi connectivity index (χ0) is 19.1. The third-order valence-corrected chi connectivity index (χ3v) is 5.91. The second-order valence-electron chi connectivity index (χ2n) is 8.95. The highest BCUT2D eigenvalue weighted by Gasteiger charge is 2.34. The number of hydrogen-bond acceptors (Lipinski definition) is 2. The van der Waals surface area contributed by atoms with Crippen LogP contribution in [0, 0.1) is 5.41 Å². The van der Waals surface area contributed by atoms with Gasteiger partial charge < -0.3 is 10.8 Å². The van der Waals surface area contributed by atoms with E-state index < -0.39 is 0 Å². The van der Waals surface area contributed by atoms with Crippen molar-refractivity contribution in [2.45, 2.75) is 58.9 Å². The standard InChI is InChI=1S/C24H31NO/c1-6-23(2,3)15-20(24(4,5)25)21-16-11-7-9-13-18(16)22(26)19-14-10-8-12-17(19)21/h7-14,20,26H,6,15,25H2,1-5H3. The summed E-state index contributed by atoms with van der Waals surface area (Å²) in [7, 11) is 0. The van der Waals surface area contributed by atoms with Crippen LogP contribution in [0.15, 0.2) is 48.5 Å². The van der Waals surface area contributed by atoms with Gasteiger partial charge in [0.25, 0.3) is 0 Å². The monoisotopic (exact) mass is 349 g/mol. The largest absolute Gasteiger partial charge is 0.507 e. The van der Waals surface area contributed by atoms with Gasteiger partial charge in [-0.15, -0.1) is 0 Å². The van der Waals surface area contributed by atoms with E-state index in [2.05, 4.69) is 46.8 Å². The van der Waals surface area contributed by atoms with Gasteiger partial charge in [0.05, 0.1) is 0 Å². The first-order valence-corrected chi connectivity index (χ1v) is 9.57. The predicted octanol–water partition coefficient (Wildman–Crippen LogP) is 6.35.